The molecule has 0 saturated heterocycles. The summed E-state index contributed by atoms with van der Waals surface area (Å²) >= 11 is 1.37. The lowest BCUT2D eigenvalue weighted by Crippen LogP contribution is -1.85. The van der Waals surface area contributed by atoms with Crippen LogP contribution >= 0.6 is 11.3 Å². The van der Waals surface area contributed by atoms with Crippen LogP contribution in [0, 0.1) is 0 Å². The monoisotopic (exact) mass is 219 g/mol. The van der Waals surface area contributed by atoms with Crippen LogP contribution in [0.1, 0.15) is 20.2 Å². The second kappa shape index (κ2) is 4.23. The van der Waals surface area contributed by atoms with Gasteiger partial charge in [0.25, 0.3) is 0 Å². The SMILES string of the molecule is O=Cc1cnc(Cc2cccc(O)c2)s1. The van der Waals surface area contributed by atoms with E-state index in [1.165, 1.54) is 11.3 Å². The third-order valence-electron chi connectivity index (χ3n) is 1.95. The van der Waals surface area contributed by atoms with Crippen molar-refractivity contribution in [1.29, 1.82) is 0 Å². The first-order valence-electron chi connectivity index (χ1n) is 4.46. The fraction of sp³-hybridized carbons (Fsp3) is 0.0909. The Morgan fingerprint density at radius 2 is 2.33 bits per heavy atom. The van der Waals surface area contributed by atoms with E-state index in [9.17, 15) is 9.90 Å². The highest BCUT2D eigenvalue weighted by Crippen LogP contribution is 2.18. The van der Waals surface area contributed by atoms with E-state index >= 15 is 0 Å². The average Bonchev–Trinajstić information content (AvgIpc) is 2.65. The van der Waals surface area contributed by atoms with Crippen molar-refractivity contribution in [3.8, 4) is 5.75 Å². The van der Waals surface area contributed by atoms with Gasteiger partial charge in [0.15, 0.2) is 6.29 Å². The first-order chi connectivity index (χ1) is 7.28. The smallest absolute Gasteiger partial charge is 0.161 e. The molecule has 0 fully saturated rings. The van der Waals surface area contributed by atoms with Crippen LogP contribution in [0.15, 0.2) is 30.5 Å². The summed E-state index contributed by atoms with van der Waals surface area (Å²) in [6, 6.07) is 7.03. The maximum absolute atomic E-state index is 10.5. The van der Waals surface area contributed by atoms with Gasteiger partial charge in [-0.05, 0) is 17.7 Å². The highest BCUT2D eigenvalue weighted by molar-refractivity contribution is 7.13. The molecule has 0 unspecified atom stereocenters. The van der Waals surface area contributed by atoms with Gasteiger partial charge in [0, 0.05) is 12.6 Å². The van der Waals surface area contributed by atoms with Gasteiger partial charge < -0.3 is 5.11 Å². The molecule has 0 aliphatic carbocycles. The molecule has 4 heteroatoms. The zero-order valence-corrected chi connectivity index (χ0v) is 8.70. The zero-order valence-electron chi connectivity index (χ0n) is 7.88. The predicted octanol–water partition coefficient (Wildman–Crippen LogP) is 2.25. The maximum atomic E-state index is 10.5. The van der Waals surface area contributed by atoms with E-state index in [1.807, 2.05) is 6.07 Å². The lowest BCUT2D eigenvalue weighted by atomic mass is 10.1. The van der Waals surface area contributed by atoms with Crippen molar-refractivity contribution >= 4 is 17.6 Å². The number of phenols is 1. The highest BCUT2D eigenvalue weighted by Gasteiger charge is 2.02. The van der Waals surface area contributed by atoms with Crippen LogP contribution < -0.4 is 0 Å². The molecule has 1 aromatic carbocycles. The Morgan fingerprint density at radius 3 is 3.00 bits per heavy atom. The third kappa shape index (κ3) is 2.41. The lowest BCUT2D eigenvalue weighted by molar-refractivity contribution is 0.112. The molecule has 2 rings (SSSR count). The zero-order chi connectivity index (χ0) is 10.7. The van der Waals surface area contributed by atoms with Crippen LogP contribution in [-0.4, -0.2) is 16.4 Å². The van der Waals surface area contributed by atoms with Gasteiger partial charge in [-0.15, -0.1) is 11.3 Å². The molecule has 0 amide bonds. The van der Waals surface area contributed by atoms with Gasteiger partial charge in [-0.1, -0.05) is 12.1 Å². The van der Waals surface area contributed by atoms with E-state index < -0.39 is 0 Å². The summed E-state index contributed by atoms with van der Waals surface area (Å²) in [4.78, 5) is 15.2. The molecule has 76 valence electrons. The summed E-state index contributed by atoms with van der Waals surface area (Å²) in [6.45, 7) is 0. The molecule has 3 nitrogen and oxygen atoms in total. The fourth-order valence-electron chi connectivity index (χ4n) is 1.30. The number of benzene rings is 1. The number of carbonyl (C=O) groups excluding carboxylic acids is 1. The van der Waals surface area contributed by atoms with Gasteiger partial charge in [-0.3, -0.25) is 4.79 Å². The van der Waals surface area contributed by atoms with Crippen LogP contribution in [0.2, 0.25) is 0 Å². The highest BCUT2D eigenvalue weighted by atomic mass is 32.1. The quantitative estimate of drug-likeness (QED) is 0.805. The normalized spacial score (nSPS) is 10.1. The number of rotatable bonds is 3. The van der Waals surface area contributed by atoms with Gasteiger partial charge in [0.1, 0.15) is 5.75 Å². The van der Waals surface area contributed by atoms with Gasteiger partial charge in [0.2, 0.25) is 0 Å². The Hall–Kier alpha value is -1.68. The molecule has 1 aromatic heterocycles. The molecule has 1 heterocycles. The number of hydrogen-bond acceptors (Lipinski definition) is 4. The van der Waals surface area contributed by atoms with Crippen LogP contribution in [0.4, 0.5) is 0 Å². The molecule has 0 aliphatic rings. The van der Waals surface area contributed by atoms with Crippen molar-refractivity contribution in [3.63, 3.8) is 0 Å². The fourth-order valence-corrected chi connectivity index (χ4v) is 2.07. The van der Waals surface area contributed by atoms with Crippen molar-refractivity contribution in [1.82, 2.24) is 4.98 Å². The van der Waals surface area contributed by atoms with Gasteiger partial charge >= 0.3 is 0 Å². The Morgan fingerprint density at radius 1 is 1.47 bits per heavy atom. The summed E-state index contributed by atoms with van der Waals surface area (Å²) in [5.41, 5.74) is 0.988. The number of carbonyl (C=O) groups is 1. The Bertz CT molecular complexity index is 479. The van der Waals surface area contributed by atoms with Crippen LogP contribution in [-0.2, 0) is 6.42 Å². The summed E-state index contributed by atoms with van der Waals surface area (Å²) in [7, 11) is 0. The van der Waals surface area contributed by atoms with E-state index in [4.69, 9.17) is 0 Å². The molecule has 1 N–H and O–H groups in total. The molecule has 0 radical (unpaired) electrons. The van der Waals surface area contributed by atoms with Gasteiger partial charge in [0.05, 0.1) is 9.88 Å². The molecule has 0 spiro atoms. The summed E-state index contributed by atoms with van der Waals surface area (Å²) in [6.07, 6.45) is 3.01. The minimum absolute atomic E-state index is 0.250. The average molecular weight is 219 g/mol. The minimum Gasteiger partial charge on any atom is -0.508 e. The first kappa shape index (κ1) is 9.86. The van der Waals surface area contributed by atoms with Crippen molar-refractivity contribution in [2.45, 2.75) is 6.42 Å². The van der Waals surface area contributed by atoms with Crippen molar-refractivity contribution < 1.29 is 9.90 Å². The second-order valence-corrected chi connectivity index (χ2v) is 4.27. The summed E-state index contributed by atoms with van der Waals surface area (Å²) in [5, 5.41) is 10.1. The second-order valence-electron chi connectivity index (χ2n) is 3.12. The standard InChI is InChI=1S/C11H9NO2S/c13-7-10-6-12-11(15-10)5-8-2-1-3-9(14)4-8/h1-4,6-7,14H,5H2. The number of aldehydes is 1. The molecule has 2 aromatic rings. The molecular weight excluding hydrogens is 210 g/mol. The van der Waals surface area contributed by atoms with Gasteiger partial charge in [-0.2, -0.15) is 0 Å². The van der Waals surface area contributed by atoms with E-state index in [2.05, 4.69) is 4.98 Å². The number of hydrogen-bond donors (Lipinski definition) is 1. The largest absolute Gasteiger partial charge is 0.508 e. The molecule has 0 atom stereocenters. The Labute approximate surface area is 91.0 Å². The van der Waals surface area contributed by atoms with E-state index in [0.29, 0.717) is 11.3 Å². The molecule has 15 heavy (non-hydrogen) atoms. The predicted molar refractivity (Wildman–Crippen MR) is 58.4 cm³/mol. The minimum atomic E-state index is 0.250. The van der Waals surface area contributed by atoms with Crippen LogP contribution in [0.25, 0.3) is 0 Å². The number of aromatic nitrogens is 1. The van der Waals surface area contributed by atoms with E-state index in [1.54, 1.807) is 24.4 Å². The first-order valence-corrected chi connectivity index (χ1v) is 5.27. The molecule has 0 aliphatic heterocycles. The Kier molecular flexibility index (Phi) is 2.78. The van der Waals surface area contributed by atoms with Crippen LogP contribution in [0.3, 0.4) is 0 Å². The lowest BCUT2D eigenvalue weighted by Gasteiger charge is -1.98. The third-order valence-corrected chi connectivity index (χ3v) is 2.88. The number of aromatic hydroxyl groups is 1. The topological polar surface area (TPSA) is 50.2 Å². The maximum Gasteiger partial charge on any atom is 0.161 e. The van der Waals surface area contributed by atoms with Crippen LogP contribution in [0.5, 0.6) is 5.75 Å². The van der Waals surface area contributed by atoms with Gasteiger partial charge in [-0.25, -0.2) is 4.98 Å². The number of thiazole rings is 1. The molecule has 0 saturated carbocycles. The van der Waals surface area contributed by atoms with Crippen molar-refractivity contribution in [2.24, 2.45) is 0 Å². The van der Waals surface area contributed by atoms with Crippen molar-refractivity contribution in [3.05, 3.63) is 45.9 Å². The Balaban J connectivity index is 2.18. The molecular formula is C11H9NO2S. The van der Waals surface area contributed by atoms with E-state index in [-0.39, 0.29) is 5.75 Å². The summed E-state index contributed by atoms with van der Waals surface area (Å²) in [5.74, 6) is 0.250. The molecule has 0 bridgehead atoms. The number of nitrogens with zero attached hydrogens (tertiary/aromatic N) is 1. The van der Waals surface area contributed by atoms with Crippen molar-refractivity contribution in [2.75, 3.05) is 0 Å². The van der Waals surface area contributed by atoms with E-state index in [0.717, 1.165) is 16.9 Å². The number of phenolic OH excluding ortho intramolecular Hbond substituents is 1. The summed E-state index contributed by atoms with van der Waals surface area (Å²) < 4.78 is 0.